The van der Waals surface area contributed by atoms with Gasteiger partial charge in [-0.1, -0.05) is 271 Å². The van der Waals surface area contributed by atoms with Crippen molar-refractivity contribution < 1.29 is 28.6 Å². The van der Waals surface area contributed by atoms with Crippen LogP contribution in [-0.2, 0) is 28.6 Å². The van der Waals surface area contributed by atoms with Gasteiger partial charge >= 0.3 is 17.9 Å². The monoisotopic (exact) mass is 1070 g/mol. The van der Waals surface area contributed by atoms with Crippen LogP contribution < -0.4 is 0 Å². The number of ether oxygens (including phenoxy) is 3. The fourth-order valence-electron chi connectivity index (χ4n) is 8.95. The first-order valence-electron chi connectivity index (χ1n) is 32.4. The fourth-order valence-corrected chi connectivity index (χ4v) is 8.95. The largest absolute Gasteiger partial charge is 0.462 e. The van der Waals surface area contributed by atoms with Crippen LogP contribution >= 0.6 is 0 Å². The van der Waals surface area contributed by atoms with Gasteiger partial charge in [-0.2, -0.15) is 0 Å². The first-order valence-corrected chi connectivity index (χ1v) is 32.4. The molecule has 0 fully saturated rings. The molecule has 0 spiro atoms. The van der Waals surface area contributed by atoms with E-state index in [1.54, 1.807) is 0 Å². The van der Waals surface area contributed by atoms with Crippen LogP contribution in [0.4, 0.5) is 0 Å². The maximum Gasteiger partial charge on any atom is 0.306 e. The summed E-state index contributed by atoms with van der Waals surface area (Å²) >= 11 is 0. The Morgan fingerprint density at radius 2 is 0.506 bits per heavy atom. The molecule has 0 bridgehead atoms. The van der Waals surface area contributed by atoms with Gasteiger partial charge < -0.3 is 14.2 Å². The van der Waals surface area contributed by atoms with Crippen LogP contribution in [0.2, 0.25) is 0 Å². The highest BCUT2D eigenvalue weighted by atomic mass is 16.6. The second kappa shape index (κ2) is 64.6. The van der Waals surface area contributed by atoms with Crippen LogP contribution in [0.3, 0.4) is 0 Å². The molecule has 0 saturated carbocycles. The van der Waals surface area contributed by atoms with E-state index in [2.05, 4.69) is 130 Å². The van der Waals surface area contributed by atoms with Crippen molar-refractivity contribution in [1.82, 2.24) is 0 Å². The van der Waals surface area contributed by atoms with Crippen molar-refractivity contribution in [1.29, 1.82) is 0 Å². The number of esters is 3. The van der Waals surface area contributed by atoms with Crippen molar-refractivity contribution >= 4 is 17.9 Å². The molecule has 1 atom stereocenters. The smallest absolute Gasteiger partial charge is 0.306 e. The molecule has 0 aromatic heterocycles. The lowest BCUT2D eigenvalue weighted by Crippen LogP contribution is -2.30. The second-order valence-electron chi connectivity index (χ2n) is 21.3. The van der Waals surface area contributed by atoms with Gasteiger partial charge in [-0.15, -0.1) is 0 Å². The summed E-state index contributed by atoms with van der Waals surface area (Å²) in [5, 5.41) is 0. The summed E-state index contributed by atoms with van der Waals surface area (Å²) in [5.41, 5.74) is 0. The SMILES string of the molecule is CC/C=C\C/C=C\C/C=C\C/C=C\C/C=C\CCCCCCCCCCCCCCCCCCCC(=O)OCC(COC(=O)CCCCCCC/C=C\CCCCCC)OC(=O)CCCCC/C=C\C/C=C\C/C=C\CC. The first kappa shape index (κ1) is 73.1. The second-order valence-corrected chi connectivity index (χ2v) is 21.3. The van der Waals surface area contributed by atoms with Gasteiger partial charge in [0.15, 0.2) is 6.10 Å². The van der Waals surface area contributed by atoms with Gasteiger partial charge in [0.2, 0.25) is 0 Å². The highest BCUT2D eigenvalue weighted by molar-refractivity contribution is 5.71. The Morgan fingerprint density at radius 3 is 0.818 bits per heavy atom. The normalized spacial score (nSPS) is 12.8. The van der Waals surface area contributed by atoms with E-state index in [1.807, 2.05) is 0 Å². The molecule has 6 nitrogen and oxygen atoms in total. The van der Waals surface area contributed by atoms with Gasteiger partial charge in [0.25, 0.3) is 0 Å². The molecule has 0 amide bonds. The lowest BCUT2D eigenvalue weighted by Gasteiger charge is -2.18. The summed E-state index contributed by atoms with van der Waals surface area (Å²) in [6.07, 6.45) is 88.3. The van der Waals surface area contributed by atoms with Gasteiger partial charge in [0, 0.05) is 19.3 Å². The van der Waals surface area contributed by atoms with Crippen LogP contribution in [-0.4, -0.2) is 37.2 Å². The highest BCUT2D eigenvalue weighted by Crippen LogP contribution is 2.16. The zero-order valence-corrected chi connectivity index (χ0v) is 50.4. The predicted octanol–water partition coefficient (Wildman–Crippen LogP) is 22.2. The molecule has 0 saturated heterocycles. The minimum absolute atomic E-state index is 0.0906. The molecule has 1 unspecified atom stereocenters. The number of allylic oxidation sites excluding steroid dienone is 18. The molecule has 0 rings (SSSR count). The maximum absolute atomic E-state index is 12.8. The van der Waals surface area contributed by atoms with Gasteiger partial charge in [-0.25, -0.2) is 0 Å². The summed E-state index contributed by atoms with van der Waals surface area (Å²) < 4.78 is 16.9. The Labute approximate surface area is 476 Å². The van der Waals surface area contributed by atoms with E-state index in [1.165, 1.54) is 141 Å². The Kier molecular flexibility index (Phi) is 61.3. The van der Waals surface area contributed by atoms with Crippen LogP contribution in [0.15, 0.2) is 109 Å². The van der Waals surface area contributed by atoms with Crippen LogP contribution in [0.5, 0.6) is 0 Å². The third kappa shape index (κ3) is 62.8. The van der Waals surface area contributed by atoms with Crippen molar-refractivity contribution in [3.63, 3.8) is 0 Å². The van der Waals surface area contributed by atoms with Gasteiger partial charge in [-0.05, 0) is 122 Å². The van der Waals surface area contributed by atoms with Gasteiger partial charge in [-0.3, -0.25) is 14.4 Å². The van der Waals surface area contributed by atoms with Crippen LogP contribution in [0.25, 0.3) is 0 Å². The quantitative estimate of drug-likeness (QED) is 0.0261. The molecule has 0 aliphatic carbocycles. The van der Waals surface area contributed by atoms with E-state index in [-0.39, 0.29) is 31.1 Å². The number of carbonyl (C=O) groups excluding carboxylic acids is 3. The average Bonchev–Trinajstić information content (AvgIpc) is 3.43. The minimum atomic E-state index is -0.796. The zero-order valence-electron chi connectivity index (χ0n) is 50.4. The molecule has 0 aromatic rings. The number of hydrogen-bond donors (Lipinski definition) is 0. The van der Waals surface area contributed by atoms with Gasteiger partial charge in [0.05, 0.1) is 0 Å². The highest BCUT2D eigenvalue weighted by Gasteiger charge is 2.19. The third-order valence-corrected chi connectivity index (χ3v) is 13.7. The lowest BCUT2D eigenvalue weighted by molar-refractivity contribution is -0.167. The molecule has 6 heteroatoms. The van der Waals surface area contributed by atoms with Crippen molar-refractivity contribution in [3.8, 4) is 0 Å². The van der Waals surface area contributed by atoms with E-state index in [0.717, 1.165) is 122 Å². The van der Waals surface area contributed by atoms with Crippen molar-refractivity contribution in [2.45, 2.75) is 309 Å². The topological polar surface area (TPSA) is 78.9 Å². The molecule has 0 N–H and O–H groups in total. The van der Waals surface area contributed by atoms with E-state index in [4.69, 9.17) is 14.2 Å². The third-order valence-electron chi connectivity index (χ3n) is 13.7. The zero-order chi connectivity index (χ0) is 55.7. The number of carbonyl (C=O) groups is 3. The summed E-state index contributed by atoms with van der Waals surface area (Å²) in [6, 6.07) is 0. The standard InChI is InChI=1S/C71H120O6/c1-4-7-10-13-16-19-22-25-26-27-28-29-30-31-32-33-34-35-36-37-38-39-40-41-42-43-44-47-49-52-55-58-61-64-70(73)76-67-68(77-71(74)65-62-59-56-53-50-46-24-21-18-15-12-9-6-3)66-75-69(72)63-60-57-54-51-48-45-23-20-17-14-11-8-5-2/h7,9-10,12,16,18-21,23,25-26,28-29,31-32,46,50,68H,4-6,8,11,13-15,17,22,24,27,30,33-45,47-49,51-67H2,1-3H3/b10-7-,12-9-,19-16-,21-18-,23-20-,26-25-,29-28-,32-31-,50-46-. The Morgan fingerprint density at radius 1 is 0.273 bits per heavy atom. The first-order chi connectivity index (χ1) is 38.0. The Balaban J connectivity index is 4.14. The van der Waals surface area contributed by atoms with Crippen LogP contribution in [0, 0.1) is 0 Å². The molecular weight excluding hydrogens is 949 g/mol. The van der Waals surface area contributed by atoms with Crippen molar-refractivity contribution in [3.05, 3.63) is 109 Å². The van der Waals surface area contributed by atoms with Crippen molar-refractivity contribution in [2.75, 3.05) is 13.2 Å². The van der Waals surface area contributed by atoms with E-state index in [0.29, 0.717) is 19.3 Å². The molecule has 0 heterocycles. The maximum atomic E-state index is 12.8. The number of unbranched alkanes of at least 4 members (excludes halogenated alkanes) is 29. The average molecular weight is 1070 g/mol. The molecular formula is C71H120O6. The molecule has 0 aromatic carbocycles. The predicted molar refractivity (Wildman–Crippen MR) is 334 cm³/mol. The van der Waals surface area contributed by atoms with E-state index >= 15 is 0 Å². The lowest BCUT2D eigenvalue weighted by atomic mass is 10.0. The van der Waals surface area contributed by atoms with Gasteiger partial charge in [0.1, 0.15) is 13.2 Å². The molecule has 0 aliphatic heterocycles. The molecule has 440 valence electrons. The fraction of sp³-hybridized carbons (Fsp3) is 0.704. The summed E-state index contributed by atoms with van der Waals surface area (Å²) in [4.78, 5) is 38.2. The molecule has 77 heavy (non-hydrogen) atoms. The molecule has 0 radical (unpaired) electrons. The Hall–Kier alpha value is -3.93. The summed E-state index contributed by atoms with van der Waals surface area (Å²) in [6.45, 7) is 6.38. The van der Waals surface area contributed by atoms with Crippen LogP contribution in [0.1, 0.15) is 303 Å². The number of hydrogen-bond acceptors (Lipinski definition) is 6. The Bertz CT molecular complexity index is 1560. The molecule has 0 aliphatic rings. The number of rotatable bonds is 58. The summed E-state index contributed by atoms with van der Waals surface area (Å²) in [5.74, 6) is -0.922. The summed E-state index contributed by atoms with van der Waals surface area (Å²) in [7, 11) is 0. The van der Waals surface area contributed by atoms with Crippen molar-refractivity contribution in [2.24, 2.45) is 0 Å². The minimum Gasteiger partial charge on any atom is -0.462 e. The van der Waals surface area contributed by atoms with E-state index in [9.17, 15) is 14.4 Å². The van der Waals surface area contributed by atoms with E-state index < -0.39 is 6.10 Å².